The Morgan fingerprint density at radius 2 is 1.28 bits per heavy atom. The summed E-state index contributed by atoms with van der Waals surface area (Å²) in [6.45, 7) is 0. The van der Waals surface area contributed by atoms with Gasteiger partial charge in [-0.3, -0.25) is 0 Å². The van der Waals surface area contributed by atoms with Crippen LogP contribution in [-0.4, -0.2) is 21.1 Å². The molecule has 0 unspecified atom stereocenters. The van der Waals surface area contributed by atoms with Gasteiger partial charge in [-0.2, -0.15) is 0 Å². The number of para-hydroxylation sites is 1. The van der Waals surface area contributed by atoms with E-state index >= 15 is 0 Å². The summed E-state index contributed by atoms with van der Waals surface area (Å²) in [5.74, 6) is 0. The highest BCUT2D eigenvalue weighted by atomic mass is 14.8. The van der Waals surface area contributed by atoms with Gasteiger partial charge in [0.05, 0.1) is 0 Å². The second-order valence-corrected chi connectivity index (χ2v) is 7.96. The maximum absolute atomic E-state index is 3.46. The minimum atomic E-state index is 1.12. The Hall–Kier alpha value is -3.98. The van der Waals surface area contributed by atoms with Gasteiger partial charge >= 0.3 is 0 Å². The quantitative estimate of drug-likeness (QED) is 0.278. The van der Waals surface area contributed by atoms with Crippen molar-refractivity contribution in [2.45, 2.75) is 0 Å². The third-order valence-corrected chi connectivity index (χ3v) is 6.22. The molecule has 3 heteroatoms. The molecule has 158 valence electrons. The minimum absolute atomic E-state index is 1.12. The maximum atomic E-state index is 3.46. The fourth-order valence-electron chi connectivity index (χ4n) is 4.62. The average molecular weight is 418 g/mol. The second kappa shape index (κ2) is 8.27. The summed E-state index contributed by atoms with van der Waals surface area (Å²) in [7, 11) is 5.94. The lowest BCUT2D eigenvalue weighted by atomic mass is 9.93. The van der Waals surface area contributed by atoms with Crippen molar-refractivity contribution in [3.8, 4) is 22.3 Å². The predicted octanol–water partition coefficient (Wildman–Crippen LogP) is 7.45. The van der Waals surface area contributed by atoms with Gasteiger partial charge in [-0.15, -0.1) is 0 Å². The first-order valence-corrected chi connectivity index (χ1v) is 11.0. The zero-order chi connectivity index (χ0) is 22.1. The Balaban J connectivity index is 1.71. The Kier molecular flexibility index (Phi) is 5.16. The van der Waals surface area contributed by atoms with Crippen molar-refractivity contribution < 1.29 is 0 Å². The van der Waals surface area contributed by atoms with Crippen molar-refractivity contribution >= 4 is 38.6 Å². The van der Waals surface area contributed by atoms with Crippen LogP contribution in [0.1, 0.15) is 0 Å². The van der Waals surface area contributed by atoms with Gasteiger partial charge < -0.3 is 16.0 Å². The molecule has 5 rings (SSSR count). The highest BCUT2D eigenvalue weighted by Gasteiger charge is 2.13. The van der Waals surface area contributed by atoms with Gasteiger partial charge in [0, 0.05) is 54.7 Å². The zero-order valence-electron chi connectivity index (χ0n) is 18.7. The van der Waals surface area contributed by atoms with Crippen LogP contribution in [-0.2, 0) is 0 Å². The molecule has 3 nitrogen and oxygen atoms in total. The van der Waals surface area contributed by atoms with E-state index in [4.69, 9.17) is 0 Å². The topological polar surface area (TPSA) is 36.1 Å². The largest absolute Gasteiger partial charge is 0.388 e. The Bertz CT molecular complexity index is 1440. The number of anilines is 3. The molecular weight excluding hydrogens is 390 g/mol. The smallest absolute Gasteiger partial charge is 0.0497 e. The number of hydrogen-bond donors (Lipinski definition) is 3. The molecule has 0 saturated carbocycles. The number of hydrogen-bond acceptors (Lipinski definition) is 3. The Morgan fingerprint density at radius 3 is 2.09 bits per heavy atom. The summed E-state index contributed by atoms with van der Waals surface area (Å²) in [6.07, 6.45) is 0. The summed E-state index contributed by atoms with van der Waals surface area (Å²) in [5, 5.41) is 15.0. The van der Waals surface area contributed by atoms with E-state index < -0.39 is 0 Å². The summed E-state index contributed by atoms with van der Waals surface area (Å²) < 4.78 is 0. The molecule has 0 aliphatic heterocycles. The number of rotatable bonds is 5. The van der Waals surface area contributed by atoms with Crippen LogP contribution in [0.2, 0.25) is 0 Å². The van der Waals surface area contributed by atoms with Crippen LogP contribution < -0.4 is 16.0 Å². The molecule has 0 amide bonds. The van der Waals surface area contributed by atoms with E-state index in [1.165, 1.54) is 43.8 Å². The minimum Gasteiger partial charge on any atom is -0.388 e. The standard InChI is InChI=1S/C29H27N3/c1-30-22-17-19-8-4-5-9-23(19)27(18-22)21-12-14-24-20(16-21)13-15-26(29(24)32-3)25-10-6-7-11-28(25)31-2/h4-18,30-32H,1-3H3. The third kappa shape index (κ3) is 3.32. The molecular formula is C29H27N3. The number of benzene rings is 5. The van der Waals surface area contributed by atoms with E-state index in [1.54, 1.807) is 0 Å². The third-order valence-electron chi connectivity index (χ3n) is 6.22. The lowest BCUT2D eigenvalue weighted by Gasteiger charge is -2.17. The molecule has 0 bridgehead atoms. The Labute approximate surface area is 189 Å². The molecule has 0 saturated heterocycles. The molecule has 0 fully saturated rings. The molecule has 0 aliphatic rings. The van der Waals surface area contributed by atoms with Gasteiger partial charge in [-0.05, 0) is 51.6 Å². The summed E-state index contributed by atoms with van der Waals surface area (Å²) >= 11 is 0. The SMILES string of the molecule is CNc1cc(-c2ccc3c(NC)c(-c4ccccc4NC)ccc3c2)c2ccccc2c1. The first-order chi connectivity index (χ1) is 15.7. The highest BCUT2D eigenvalue weighted by Crippen LogP contribution is 2.40. The molecule has 0 aromatic heterocycles. The van der Waals surface area contributed by atoms with Crippen LogP contribution in [0.25, 0.3) is 43.8 Å². The highest BCUT2D eigenvalue weighted by molar-refractivity contribution is 6.06. The lowest BCUT2D eigenvalue weighted by molar-refractivity contribution is 1.48. The molecule has 0 spiro atoms. The number of fused-ring (bicyclic) bond motifs is 2. The average Bonchev–Trinajstić information content (AvgIpc) is 2.86. The van der Waals surface area contributed by atoms with Crippen molar-refractivity contribution in [1.29, 1.82) is 0 Å². The van der Waals surface area contributed by atoms with Gasteiger partial charge in [-0.25, -0.2) is 0 Å². The monoisotopic (exact) mass is 417 g/mol. The van der Waals surface area contributed by atoms with Gasteiger partial charge in [0.25, 0.3) is 0 Å². The fraction of sp³-hybridized carbons (Fsp3) is 0.103. The predicted molar refractivity (Wildman–Crippen MR) is 141 cm³/mol. The molecule has 5 aromatic rings. The molecule has 0 aliphatic carbocycles. The zero-order valence-corrected chi connectivity index (χ0v) is 18.7. The van der Waals surface area contributed by atoms with Crippen molar-refractivity contribution in [2.24, 2.45) is 0 Å². The van der Waals surface area contributed by atoms with Crippen molar-refractivity contribution in [2.75, 3.05) is 37.1 Å². The van der Waals surface area contributed by atoms with Gasteiger partial charge in [-0.1, -0.05) is 66.7 Å². The molecule has 32 heavy (non-hydrogen) atoms. The van der Waals surface area contributed by atoms with Crippen LogP contribution in [0, 0.1) is 0 Å². The second-order valence-electron chi connectivity index (χ2n) is 7.96. The van der Waals surface area contributed by atoms with Crippen LogP contribution in [0.5, 0.6) is 0 Å². The van der Waals surface area contributed by atoms with Crippen LogP contribution in [0.15, 0.2) is 91.0 Å². The van der Waals surface area contributed by atoms with E-state index in [-0.39, 0.29) is 0 Å². The lowest BCUT2D eigenvalue weighted by Crippen LogP contribution is -1.97. The van der Waals surface area contributed by atoms with Crippen molar-refractivity contribution in [1.82, 2.24) is 0 Å². The molecule has 0 heterocycles. The molecule has 0 radical (unpaired) electrons. The molecule has 3 N–H and O–H groups in total. The summed E-state index contributed by atoms with van der Waals surface area (Å²) in [4.78, 5) is 0. The maximum Gasteiger partial charge on any atom is 0.0497 e. The van der Waals surface area contributed by atoms with Crippen molar-refractivity contribution in [3.05, 3.63) is 91.0 Å². The summed E-state index contributed by atoms with van der Waals surface area (Å²) in [6, 6.07) is 32.6. The van der Waals surface area contributed by atoms with Crippen LogP contribution in [0.4, 0.5) is 17.1 Å². The fourth-order valence-corrected chi connectivity index (χ4v) is 4.62. The Morgan fingerprint density at radius 1 is 0.500 bits per heavy atom. The van der Waals surface area contributed by atoms with E-state index in [1.807, 2.05) is 21.1 Å². The molecule has 0 atom stereocenters. The van der Waals surface area contributed by atoms with Gasteiger partial charge in [0.1, 0.15) is 0 Å². The number of nitrogens with one attached hydrogen (secondary N) is 3. The van der Waals surface area contributed by atoms with E-state index in [2.05, 4.69) is 107 Å². The first-order valence-electron chi connectivity index (χ1n) is 11.0. The van der Waals surface area contributed by atoms with Gasteiger partial charge in [0.2, 0.25) is 0 Å². The van der Waals surface area contributed by atoms with E-state index in [0.717, 1.165) is 17.1 Å². The van der Waals surface area contributed by atoms with E-state index in [0.29, 0.717) is 0 Å². The van der Waals surface area contributed by atoms with Crippen molar-refractivity contribution in [3.63, 3.8) is 0 Å². The normalized spacial score (nSPS) is 11.0. The molecule has 5 aromatic carbocycles. The van der Waals surface area contributed by atoms with Crippen LogP contribution in [0.3, 0.4) is 0 Å². The summed E-state index contributed by atoms with van der Waals surface area (Å²) in [5.41, 5.74) is 8.23. The van der Waals surface area contributed by atoms with Gasteiger partial charge in [0.15, 0.2) is 0 Å². The van der Waals surface area contributed by atoms with Crippen LogP contribution >= 0.6 is 0 Å². The van der Waals surface area contributed by atoms with E-state index in [9.17, 15) is 0 Å². The first kappa shape index (κ1) is 20.0.